The van der Waals surface area contributed by atoms with Crippen LogP contribution in [0, 0.1) is 11.3 Å². The highest BCUT2D eigenvalue weighted by Gasteiger charge is 2.01. The second-order valence-electron chi connectivity index (χ2n) is 4.52. The maximum atomic E-state index is 8.83. The Bertz CT molecular complexity index is 615. The second kappa shape index (κ2) is 7.09. The number of anilines is 1. The van der Waals surface area contributed by atoms with E-state index in [9.17, 15) is 0 Å². The maximum Gasteiger partial charge on any atom is 0.0992 e. The predicted octanol–water partition coefficient (Wildman–Crippen LogP) is 3.43. The SMILES string of the molecule is N#Cc1ccc(NCc2ccc(CCN)cc2)c(Br)c1. The van der Waals surface area contributed by atoms with Crippen LogP contribution in [0.3, 0.4) is 0 Å². The van der Waals surface area contributed by atoms with Crippen molar-refractivity contribution in [3.63, 3.8) is 0 Å². The number of benzene rings is 2. The zero-order chi connectivity index (χ0) is 14.4. The van der Waals surface area contributed by atoms with Crippen molar-refractivity contribution < 1.29 is 0 Å². The van der Waals surface area contributed by atoms with E-state index in [4.69, 9.17) is 11.0 Å². The van der Waals surface area contributed by atoms with E-state index < -0.39 is 0 Å². The Labute approximate surface area is 127 Å². The van der Waals surface area contributed by atoms with Crippen molar-refractivity contribution in [2.24, 2.45) is 5.73 Å². The first-order valence-corrected chi connectivity index (χ1v) is 7.23. The summed E-state index contributed by atoms with van der Waals surface area (Å²) in [5, 5.41) is 12.2. The maximum absolute atomic E-state index is 8.83. The molecule has 0 fully saturated rings. The molecule has 2 rings (SSSR count). The molecule has 0 saturated heterocycles. The lowest BCUT2D eigenvalue weighted by molar-refractivity contribution is 0.966. The highest BCUT2D eigenvalue weighted by atomic mass is 79.9. The molecule has 0 saturated carbocycles. The molecule has 0 radical (unpaired) electrons. The van der Waals surface area contributed by atoms with E-state index in [1.54, 1.807) is 6.07 Å². The Balaban J connectivity index is 2.00. The highest BCUT2D eigenvalue weighted by molar-refractivity contribution is 9.10. The van der Waals surface area contributed by atoms with Crippen LogP contribution in [-0.2, 0) is 13.0 Å². The number of nitrogens with two attached hydrogens (primary N) is 1. The number of rotatable bonds is 5. The Morgan fingerprint density at radius 1 is 1.10 bits per heavy atom. The topological polar surface area (TPSA) is 61.8 Å². The molecule has 102 valence electrons. The first kappa shape index (κ1) is 14.6. The molecule has 0 aromatic heterocycles. The van der Waals surface area contributed by atoms with E-state index in [2.05, 4.69) is 51.6 Å². The van der Waals surface area contributed by atoms with Gasteiger partial charge < -0.3 is 11.1 Å². The minimum Gasteiger partial charge on any atom is -0.380 e. The van der Waals surface area contributed by atoms with Crippen molar-refractivity contribution in [3.05, 3.63) is 63.6 Å². The van der Waals surface area contributed by atoms with E-state index in [-0.39, 0.29) is 0 Å². The molecule has 2 aromatic carbocycles. The molecule has 2 aromatic rings. The van der Waals surface area contributed by atoms with Crippen molar-refractivity contribution in [1.29, 1.82) is 5.26 Å². The summed E-state index contributed by atoms with van der Waals surface area (Å²) in [5.41, 5.74) is 9.63. The Morgan fingerprint density at radius 3 is 2.40 bits per heavy atom. The second-order valence-corrected chi connectivity index (χ2v) is 5.37. The Kier molecular flexibility index (Phi) is 5.16. The van der Waals surface area contributed by atoms with E-state index in [1.165, 1.54) is 11.1 Å². The van der Waals surface area contributed by atoms with Gasteiger partial charge in [0, 0.05) is 16.7 Å². The van der Waals surface area contributed by atoms with Gasteiger partial charge in [0.25, 0.3) is 0 Å². The zero-order valence-electron chi connectivity index (χ0n) is 11.1. The first-order chi connectivity index (χ1) is 9.72. The fourth-order valence-corrected chi connectivity index (χ4v) is 2.43. The van der Waals surface area contributed by atoms with Gasteiger partial charge in [0.05, 0.1) is 11.6 Å². The summed E-state index contributed by atoms with van der Waals surface area (Å²) in [6, 6.07) is 16.1. The van der Waals surface area contributed by atoms with E-state index >= 15 is 0 Å². The fraction of sp³-hybridized carbons (Fsp3) is 0.188. The predicted molar refractivity (Wildman–Crippen MR) is 85.4 cm³/mol. The molecule has 0 spiro atoms. The normalized spacial score (nSPS) is 10.1. The van der Waals surface area contributed by atoms with Crippen LogP contribution >= 0.6 is 15.9 Å². The van der Waals surface area contributed by atoms with Crippen LogP contribution in [0.2, 0.25) is 0 Å². The zero-order valence-corrected chi connectivity index (χ0v) is 12.7. The molecule has 0 amide bonds. The minimum atomic E-state index is 0.647. The monoisotopic (exact) mass is 329 g/mol. The molecule has 0 bridgehead atoms. The van der Waals surface area contributed by atoms with Gasteiger partial charge in [-0.25, -0.2) is 0 Å². The summed E-state index contributed by atoms with van der Waals surface area (Å²) >= 11 is 3.47. The van der Waals surface area contributed by atoms with E-state index in [1.807, 2.05) is 12.1 Å². The molecule has 3 nitrogen and oxygen atoms in total. The molecule has 3 N–H and O–H groups in total. The minimum absolute atomic E-state index is 0.647. The van der Waals surface area contributed by atoms with Crippen LogP contribution in [0.15, 0.2) is 46.9 Å². The van der Waals surface area contributed by atoms with E-state index in [0.29, 0.717) is 12.1 Å². The van der Waals surface area contributed by atoms with Gasteiger partial charge in [-0.15, -0.1) is 0 Å². The molecular formula is C16H16BrN3. The summed E-state index contributed by atoms with van der Waals surface area (Å²) < 4.78 is 0.899. The van der Waals surface area contributed by atoms with Gasteiger partial charge in [-0.3, -0.25) is 0 Å². The summed E-state index contributed by atoms with van der Waals surface area (Å²) in [7, 11) is 0. The van der Waals surface area contributed by atoms with Gasteiger partial charge in [0.15, 0.2) is 0 Å². The Hall–Kier alpha value is -1.83. The van der Waals surface area contributed by atoms with Gasteiger partial charge in [-0.05, 0) is 58.2 Å². The first-order valence-electron chi connectivity index (χ1n) is 6.44. The molecule has 0 aliphatic rings. The third kappa shape index (κ3) is 3.83. The van der Waals surface area contributed by atoms with Crippen LogP contribution in [-0.4, -0.2) is 6.54 Å². The third-order valence-corrected chi connectivity index (χ3v) is 3.69. The summed E-state index contributed by atoms with van der Waals surface area (Å²) in [5.74, 6) is 0. The number of hydrogen-bond acceptors (Lipinski definition) is 3. The van der Waals surface area contributed by atoms with E-state index in [0.717, 1.165) is 23.1 Å². The lowest BCUT2D eigenvalue weighted by Gasteiger charge is -2.09. The van der Waals surface area contributed by atoms with Crippen molar-refractivity contribution >= 4 is 21.6 Å². The fourth-order valence-electron chi connectivity index (χ4n) is 1.92. The quantitative estimate of drug-likeness (QED) is 0.883. The third-order valence-electron chi connectivity index (χ3n) is 3.04. The molecule has 4 heteroatoms. The van der Waals surface area contributed by atoms with Crippen LogP contribution < -0.4 is 11.1 Å². The van der Waals surface area contributed by atoms with Crippen LogP contribution in [0.5, 0.6) is 0 Å². The molecule has 0 unspecified atom stereocenters. The van der Waals surface area contributed by atoms with Gasteiger partial charge in [0.2, 0.25) is 0 Å². The van der Waals surface area contributed by atoms with Crippen LogP contribution in [0.4, 0.5) is 5.69 Å². The number of nitrogens with one attached hydrogen (secondary N) is 1. The smallest absolute Gasteiger partial charge is 0.0992 e. The van der Waals surface area contributed by atoms with Gasteiger partial charge in [-0.2, -0.15) is 5.26 Å². The standard InChI is InChI=1S/C16H16BrN3/c17-15-9-14(10-19)5-6-16(15)20-11-13-3-1-12(2-4-13)7-8-18/h1-6,9,20H,7-8,11,18H2. The van der Waals surface area contributed by atoms with Gasteiger partial charge in [-0.1, -0.05) is 24.3 Å². The summed E-state index contributed by atoms with van der Waals surface area (Å²) in [6.45, 7) is 1.42. The van der Waals surface area contributed by atoms with Crippen LogP contribution in [0.1, 0.15) is 16.7 Å². The average Bonchev–Trinajstić information content (AvgIpc) is 2.48. The molecule has 0 aliphatic carbocycles. The molecular weight excluding hydrogens is 314 g/mol. The lowest BCUT2D eigenvalue weighted by atomic mass is 10.1. The van der Waals surface area contributed by atoms with Crippen molar-refractivity contribution in [2.75, 3.05) is 11.9 Å². The molecule has 0 atom stereocenters. The number of nitriles is 1. The van der Waals surface area contributed by atoms with Gasteiger partial charge >= 0.3 is 0 Å². The summed E-state index contributed by atoms with van der Waals surface area (Å²) in [6.07, 6.45) is 0.912. The van der Waals surface area contributed by atoms with Crippen molar-refractivity contribution in [3.8, 4) is 6.07 Å². The highest BCUT2D eigenvalue weighted by Crippen LogP contribution is 2.24. The lowest BCUT2D eigenvalue weighted by Crippen LogP contribution is -2.03. The van der Waals surface area contributed by atoms with Gasteiger partial charge in [0.1, 0.15) is 0 Å². The Morgan fingerprint density at radius 2 is 1.80 bits per heavy atom. The average molecular weight is 330 g/mol. The molecule has 0 heterocycles. The molecule has 0 aliphatic heterocycles. The van der Waals surface area contributed by atoms with Crippen LogP contribution in [0.25, 0.3) is 0 Å². The largest absolute Gasteiger partial charge is 0.380 e. The number of hydrogen-bond donors (Lipinski definition) is 2. The number of halogens is 1. The molecule has 20 heavy (non-hydrogen) atoms. The van der Waals surface area contributed by atoms with Crippen molar-refractivity contribution in [1.82, 2.24) is 0 Å². The summed E-state index contributed by atoms with van der Waals surface area (Å²) in [4.78, 5) is 0. The van der Waals surface area contributed by atoms with Crippen molar-refractivity contribution in [2.45, 2.75) is 13.0 Å². The number of nitrogens with zero attached hydrogens (tertiary/aromatic N) is 1.